The molecule has 1 aromatic carbocycles. The molecule has 4 aliphatic rings. The van der Waals surface area contributed by atoms with E-state index in [1.165, 1.54) is 18.1 Å². The van der Waals surface area contributed by atoms with E-state index >= 15 is 0 Å². The van der Waals surface area contributed by atoms with Gasteiger partial charge in [0, 0.05) is 25.0 Å². The molecule has 59 heavy (non-hydrogen) atoms. The van der Waals surface area contributed by atoms with Crippen molar-refractivity contribution in [3.8, 4) is 11.6 Å². The van der Waals surface area contributed by atoms with Gasteiger partial charge in [-0.25, -0.2) is 22.8 Å². The number of allylic oxidation sites excluding steroid dienone is 2. The van der Waals surface area contributed by atoms with E-state index in [1.54, 1.807) is 6.92 Å². The van der Waals surface area contributed by atoms with Crippen LogP contribution in [0.4, 0.5) is 17.6 Å². The lowest BCUT2D eigenvalue weighted by atomic mass is 9.79. The molecule has 3 heterocycles. The summed E-state index contributed by atoms with van der Waals surface area (Å²) in [5, 5.41) is -0.686. The number of halogens is 4. The number of Topliss-reactive ketones (excluding diaryl/α,β-unsaturated/α-hetero) is 1. The number of aryl methyl sites for hydroxylation is 1. The number of rotatable bonds is 10. The van der Waals surface area contributed by atoms with Gasteiger partial charge in [0.25, 0.3) is 0 Å². The molecule has 0 unspecified atom stereocenters. The van der Waals surface area contributed by atoms with Crippen LogP contribution in [0.5, 0.6) is 11.6 Å². The van der Waals surface area contributed by atoms with Gasteiger partial charge in [-0.3, -0.25) is 23.9 Å². The standard InChI is InChI=1S/C41H52F4N4O9S/c1-7-24-14-22(2)10-8-9-11-25-19-40(25,38(53)48-59(54,55)27-12-13-27)20-33(50)32-15-26(57-36-23(3)46-30-17-29(42)34(56-6)18-31(30)47-36)21-49(32)37(52)28(24)16-35(51)58-39(4,5)41(43,44)45/h9,11,17-18,22,24-28,32H,7-8,10,12-16,19-21H2,1-6H3,(H,48,53)/b11-9-/t22-,24-,25-,26-,28+,32+,40-/m1/s1. The minimum atomic E-state index is -4.89. The molecule has 0 bridgehead atoms. The number of nitrogens with one attached hydrogen (secondary N) is 1. The highest BCUT2D eigenvalue weighted by molar-refractivity contribution is 7.90. The van der Waals surface area contributed by atoms with Crippen LogP contribution in [0, 0.1) is 41.8 Å². The van der Waals surface area contributed by atoms with E-state index in [-0.39, 0.29) is 53.7 Å². The predicted octanol–water partition coefficient (Wildman–Crippen LogP) is 6.30. The monoisotopic (exact) mass is 852 g/mol. The fraction of sp³-hybridized carbons (Fsp3) is 0.659. The van der Waals surface area contributed by atoms with Crippen LogP contribution in [0.15, 0.2) is 24.3 Å². The quantitative estimate of drug-likeness (QED) is 0.162. The average molecular weight is 853 g/mol. The Morgan fingerprint density at radius 2 is 1.76 bits per heavy atom. The van der Waals surface area contributed by atoms with Crippen LogP contribution >= 0.6 is 0 Å². The summed E-state index contributed by atoms with van der Waals surface area (Å²) in [7, 11) is -2.66. The van der Waals surface area contributed by atoms with Crippen molar-refractivity contribution in [2.45, 2.75) is 128 Å². The van der Waals surface area contributed by atoms with Gasteiger partial charge in [0.2, 0.25) is 33.3 Å². The number of benzene rings is 1. The van der Waals surface area contributed by atoms with Crippen molar-refractivity contribution in [3.63, 3.8) is 0 Å². The summed E-state index contributed by atoms with van der Waals surface area (Å²) in [4.78, 5) is 67.0. The number of ether oxygens (including phenoxy) is 3. The molecule has 7 atom stereocenters. The highest BCUT2D eigenvalue weighted by Gasteiger charge is 2.62. The van der Waals surface area contributed by atoms with Gasteiger partial charge >= 0.3 is 12.1 Å². The lowest BCUT2D eigenvalue weighted by Gasteiger charge is -2.34. The largest absolute Gasteiger partial charge is 0.494 e. The number of hydrogen-bond acceptors (Lipinski definition) is 11. The fourth-order valence-corrected chi connectivity index (χ4v) is 9.75. The highest BCUT2D eigenvalue weighted by Crippen LogP contribution is 2.57. The van der Waals surface area contributed by atoms with Crippen molar-refractivity contribution in [2.24, 2.45) is 29.1 Å². The van der Waals surface area contributed by atoms with Gasteiger partial charge in [-0.2, -0.15) is 13.2 Å². The van der Waals surface area contributed by atoms with E-state index < -0.39 is 105 Å². The number of esters is 1. The first-order chi connectivity index (χ1) is 27.6. The Kier molecular flexibility index (Phi) is 12.4. The zero-order valence-electron chi connectivity index (χ0n) is 34.1. The van der Waals surface area contributed by atoms with Crippen LogP contribution < -0.4 is 14.2 Å². The lowest BCUT2D eigenvalue weighted by Crippen LogP contribution is -2.48. The van der Waals surface area contributed by atoms with Crippen LogP contribution in [-0.4, -0.2) is 89.7 Å². The maximum absolute atomic E-state index is 14.9. The van der Waals surface area contributed by atoms with Gasteiger partial charge in [-0.1, -0.05) is 32.4 Å². The molecule has 2 aliphatic heterocycles. The molecule has 6 rings (SSSR count). The molecule has 2 aromatic rings. The van der Waals surface area contributed by atoms with Crippen molar-refractivity contribution < 1.29 is 59.4 Å². The van der Waals surface area contributed by atoms with Gasteiger partial charge in [-0.15, -0.1) is 0 Å². The summed E-state index contributed by atoms with van der Waals surface area (Å²) in [6.07, 6.45) is -0.146. The summed E-state index contributed by atoms with van der Waals surface area (Å²) >= 11 is 0. The number of carbonyl (C=O) groups is 4. The summed E-state index contributed by atoms with van der Waals surface area (Å²) < 4.78 is 100. The minimum Gasteiger partial charge on any atom is -0.494 e. The number of sulfonamides is 1. The minimum absolute atomic E-state index is 0.00255. The van der Waals surface area contributed by atoms with Crippen molar-refractivity contribution in [3.05, 3.63) is 35.8 Å². The SMILES string of the molecule is CC[C@@H]1C[C@H](C)CC/C=C\[C@@H]2C[C@@]2(C(=O)NS(=O)(=O)C2CC2)CC(=O)[C@@H]2C[C@@H](Oc3nc4cc(OC)c(F)cc4nc3C)CN2C(=O)[C@H]1CC(=O)OC(C)(C)C(F)(F)F. The lowest BCUT2D eigenvalue weighted by molar-refractivity contribution is -0.257. The number of aromatic nitrogens is 2. The normalized spacial score (nSPS) is 28.8. The summed E-state index contributed by atoms with van der Waals surface area (Å²) in [5.74, 6) is -6.05. The van der Waals surface area contributed by atoms with Crippen LogP contribution in [-0.2, 0) is 33.9 Å². The Morgan fingerprint density at radius 3 is 2.41 bits per heavy atom. The molecule has 13 nitrogen and oxygen atoms in total. The molecule has 2 aliphatic carbocycles. The first-order valence-electron chi connectivity index (χ1n) is 20.1. The van der Waals surface area contributed by atoms with Crippen molar-refractivity contribution >= 4 is 44.6 Å². The molecule has 0 spiro atoms. The van der Waals surface area contributed by atoms with E-state index in [0.29, 0.717) is 38.5 Å². The second kappa shape index (κ2) is 16.6. The maximum atomic E-state index is 14.9. The van der Waals surface area contributed by atoms with Crippen LogP contribution in [0.25, 0.3) is 11.0 Å². The number of ketones is 1. The van der Waals surface area contributed by atoms with Crippen LogP contribution in [0.2, 0.25) is 0 Å². The molecule has 0 radical (unpaired) electrons. The smallest absolute Gasteiger partial charge is 0.427 e. The Labute approximate surface area is 341 Å². The van der Waals surface area contributed by atoms with Crippen molar-refractivity contribution in [1.82, 2.24) is 19.6 Å². The van der Waals surface area contributed by atoms with Gasteiger partial charge in [-0.05, 0) is 77.0 Å². The van der Waals surface area contributed by atoms with Gasteiger partial charge in [0.05, 0.1) is 53.7 Å². The Balaban J connectivity index is 1.37. The first kappa shape index (κ1) is 44.2. The van der Waals surface area contributed by atoms with Crippen molar-refractivity contribution in [1.29, 1.82) is 0 Å². The van der Waals surface area contributed by atoms with E-state index in [2.05, 4.69) is 14.7 Å². The zero-order chi connectivity index (χ0) is 43.2. The Morgan fingerprint density at radius 1 is 1.07 bits per heavy atom. The fourth-order valence-electron chi connectivity index (χ4n) is 8.36. The Bertz CT molecular complexity index is 2130. The molecule has 1 saturated heterocycles. The van der Waals surface area contributed by atoms with Gasteiger partial charge < -0.3 is 19.1 Å². The first-order valence-corrected chi connectivity index (χ1v) is 21.7. The maximum Gasteiger partial charge on any atom is 0.427 e. The third kappa shape index (κ3) is 9.51. The number of hydrogen-bond donors (Lipinski definition) is 1. The van der Waals surface area contributed by atoms with E-state index in [4.69, 9.17) is 14.2 Å². The molecular formula is C41H52F4N4O9S. The topological polar surface area (TPSA) is 171 Å². The number of nitrogens with zero attached hydrogens (tertiary/aromatic N) is 3. The molecule has 324 valence electrons. The average Bonchev–Trinajstić information content (AvgIpc) is 4.07. The summed E-state index contributed by atoms with van der Waals surface area (Å²) in [5.41, 5.74) is -3.50. The number of fused-ring (bicyclic) bond motifs is 3. The van der Waals surface area contributed by atoms with Gasteiger partial charge in [0.15, 0.2) is 17.3 Å². The molecule has 1 aromatic heterocycles. The Hall–Kier alpha value is -4.35. The summed E-state index contributed by atoms with van der Waals surface area (Å²) in [6, 6.07) is 1.28. The highest BCUT2D eigenvalue weighted by atomic mass is 32.2. The molecule has 2 saturated carbocycles. The van der Waals surface area contributed by atoms with Crippen LogP contribution in [0.1, 0.15) is 97.6 Å². The third-order valence-corrected chi connectivity index (χ3v) is 14.1. The zero-order valence-corrected chi connectivity index (χ0v) is 34.9. The second-order valence-corrected chi connectivity index (χ2v) is 19.1. The summed E-state index contributed by atoms with van der Waals surface area (Å²) in [6.45, 7) is 6.63. The van der Waals surface area contributed by atoms with E-state index in [9.17, 15) is 45.2 Å². The predicted molar refractivity (Wildman–Crippen MR) is 206 cm³/mol. The van der Waals surface area contributed by atoms with E-state index in [1.807, 2.05) is 26.0 Å². The number of methoxy groups -OCH3 is 1. The molecule has 2 amide bonds. The number of alkyl halides is 3. The molecular weight excluding hydrogens is 801 g/mol. The molecule has 1 N–H and O–H groups in total. The number of amides is 2. The molecule has 3 fully saturated rings. The van der Waals surface area contributed by atoms with E-state index in [0.717, 1.165) is 19.9 Å². The third-order valence-electron chi connectivity index (χ3n) is 12.3. The number of carbonyl (C=O) groups excluding carboxylic acids is 4. The molecule has 18 heteroatoms. The van der Waals surface area contributed by atoms with Crippen molar-refractivity contribution in [2.75, 3.05) is 13.7 Å². The van der Waals surface area contributed by atoms with Crippen LogP contribution in [0.3, 0.4) is 0 Å². The second-order valence-electron chi connectivity index (χ2n) is 17.2. The van der Waals surface area contributed by atoms with Gasteiger partial charge in [0.1, 0.15) is 11.8 Å².